The Morgan fingerprint density at radius 2 is 2.00 bits per heavy atom. The molecule has 2 aromatic rings. The number of halogens is 2. The summed E-state index contributed by atoms with van der Waals surface area (Å²) in [5, 5.41) is -0.491. The van der Waals surface area contributed by atoms with E-state index in [4.69, 9.17) is 0 Å². The van der Waals surface area contributed by atoms with Crippen LogP contribution in [0.1, 0.15) is 0 Å². The standard InChI is InChI=1S/C8H4F2S2/c9-7-6-4(11)2-1-3-5(6)12-8(7)10/h1-3,11H. The van der Waals surface area contributed by atoms with Crippen molar-refractivity contribution < 1.29 is 8.78 Å². The fourth-order valence-electron chi connectivity index (χ4n) is 1.06. The van der Waals surface area contributed by atoms with Crippen LogP contribution in [0.2, 0.25) is 0 Å². The lowest BCUT2D eigenvalue weighted by Gasteiger charge is -1.92. The minimum Gasteiger partial charge on any atom is -0.202 e. The Morgan fingerprint density at radius 1 is 1.25 bits per heavy atom. The van der Waals surface area contributed by atoms with Crippen LogP contribution in [-0.2, 0) is 0 Å². The van der Waals surface area contributed by atoms with E-state index in [1.54, 1.807) is 18.2 Å². The van der Waals surface area contributed by atoms with Gasteiger partial charge in [-0.25, -0.2) is 4.39 Å². The minimum absolute atomic E-state index is 0.281. The van der Waals surface area contributed by atoms with Crippen LogP contribution in [0, 0.1) is 10.9 Å². The molecule has 0 fully saturated rings. The molecule has 1 aromatic carbocycles. The molecule has 0 bridgehead atoms. The lowest BCUT2D eigenvalue weighted by molar-refractivity contribution is 0.537. The number of thiol groups is 1. The van der Waals surface area contributed by atoms with Gasteiger partial charge in [-0.15, -0.1) is 24.0 Å². The molecule has 0 aliphatic carbocycles. The molecule has 0 saturated heterocycles. The van der Waals surface area contributed by atoms with Crippen LogP contribution in [0.3, 0.4) is 0 Å². The van der Waals surface area contributed by atoms with Gasteiger partial charge in [0.1, 0.15) is 0 Å². The summed E-state index contributed by atoms with van der Waals surface area (Å²) in [7, 11) is 0. The smallest absolute Gasteiger partial charge is 0.202 e. The molecule has 0 unspecified atom stereocenters. The second-order valence-corrected chi connectivity index (χ2v) is 3.82. The molecule has 0 radical (unpaired) electrons. The Kier molecular flexibility index (Phi) is 1.81. The van der Waals surface area contributed by atoms with E-state index in [1.165, 1.54) is 0 Å². The van der Waals surface area contributed by atoms with E-state index in [-0.39, 0.29) is 5.39 Å². The first-order chi connectivity index (χ1) is 5.70. The zero-order chi connectivity index (χ0) is 8.72. The van der Waals surface area contributed by atoms with Crippen LogP contribution in [-0.4, -0.2) is 0 Å². The summed E-state index contributed by atoms with van der Waals surface area (Å²) < 4.78 is 26.3. The predicted octanol–water partition coefficient (Wildman–Crippen LogP) is 3.47. The minimum atomic E-state index is -0.791. The van der Waals surface area contributed by atoms with Gasteiger partial charge in [0, 0.05) is 15.0 Å². The largest absolute Gasteiger partial charge is 0.213 e. The van der Waals surface area contributed by atoms with E-state index in [1.807, 2.05) is 0 Å². The molecule has 0 aliphatic heterocycles. The Hall–Kier alpha value is -0.610. The number of thiophene rings is 1. The van der Waals surface area contributed by atoms with Gasteiger partial charge in [-0.3, -0.25) is 0 Å². The predicted molar refractivity (Wildman–Crippen MR) is 49.0 cm³/mol. The molecule has 62 valence electrons. The summed E-state index contributed by atoms with van der Waals surface area (Å²) in [6.45, 7) is 0. The zero-order valence-electron chi connectivity index (χ0n) is 5.84. The Morgan fingerprint density at radius 3 is 2.67 bits per heavy atom. The summed E-state index contributed by atoms with van der Waals surface area (Å²) in [6, 6.07) is 5.03. The number of rotatable bonds is 0. The number of hydrogen-bond acceptors (Lipinski definition) is 2. The molecule has 0 spiro atoms. The fraction of sp³-hybridized carbons (Fsp3) is 0. The molecule has 12 heavy (non-hydrogen) atoms. The second-order valence-electron chi connectivity index (χ2n) is 2.34. The average Bonchev–Trinajstić information content (AvgIpc) is 2.29. The van der Waals surface area contributed by atoms with Crippen LogP contribution >= 0.6 is 24.0 Å². The highest BCUT2D eigenvalue weighted by Crippen LogP contribution is 2.32. The van der Waals surface area contributed by atoms with Crippen molar-refractivity contribution in [2.75, 3.05) is 0 Å². The molecule has 1 aromatic heterocycles. The van der Waals surface area contributed by atoms with Crippen LogP contribution in [0.15, 0.2) is 23.1 Å². The average molecular weight is 202 g/mol. The van der Waals surface area contributed by atoms with Crippen molar-refractivity contribution in [3.8, 4) is 0 Å². The summed E-state index contributed by atoms with van der Waals surface area (Å²) in [5.74, 6) is -0.791. The molecule has 0 atom stereocenters. The molecule has 0 saturated carbocycles. The third-order valence-corrected chi connectivity index (χ3v) is 2.89. The quantitative estimate of drug-likeness (QED) is 0.621. The molecule has 1 heterocycles. The van der Waals surface area contributed by atoms with Crippen molar-refractivity contribution in [3.63, 3.8) is 0 Å². The van der Waals surface area contributed by atoms with Crippen molar-refractivity contribution in [1.29, 1.82) is 0 Å². The highest BCUT2D eigenvalue weighted by molar-refractivity contribution is 7.80. The van der Waals surface area contributed by atoms with Gasteiger partial charge < -0.3 is 0 Å². The van der Waals surface area contributed by atoms with Gasteiger partial charge in [-0.2, -0.15) is 4.39 Å². The van der Waals surface area contributed by atoms with Crippen LogP contribution < -0.4 is 0 Å². The van der Waals surface area contributed by atoms with E-state index in [0.29, 0.717) is 9.60 Å². The van der Waals surface area contributed by atoms with Gasteiger partial charge in [-0.1, -0.05) is 6.07 Å². The molecule has 0 N–H and O–H groups in total. The normalized spacial score (nSPS) is 10.9. The second kappa shape index (κ2) is 2.71. The van der Waals surface area contributed by atoms with Crippen molar-refractivity contribution >= 4 is 34.1 Å². The summed E-state index contributed by atoms with van der Waals surface area (Å²) in [4.78, 5) is 0.477. The van der Waals surface area contributed by atoms with E-state index >= 15 is 0 Å². The van der Waals surface area contributed by atoms with Crippen LogP contribution in [0.4, 0.5) is 8.78 Å². The molecule has 0 nitrogen and oxygen atoms in total. The fourth-order valence-corrected chi connectivity index (χ4v) is 2.28. The SMILES string of the molecule is Fc1sc2cccc(S)c2c1F. The Labute approximate surface area is 77.2 Å². The summed E-state index contributed by atoms with van der Waals surface area (Å²) in [5.41, 5.74) is 0. The highest BCUT2D eigenvalue weighted by Gasteiger charge is 2.12. The topological polar surface area (TPSA) is 0 Å². The lowest BCUT2D eigenvalue weighted by atomic mass is 10.2. The maximum atomic E-state index is 13.0. The first kappa shape index (κ1) is 8.01. The first-order valence-electron chi connectivity index (χ1n) is 3.25. The lowest BCUT2D eigenvalue weighted by Crippen LogP contribution is -1.74. The molecule has 4 heteroatoms. The van der Waals surface area contributed by atoms with Crippen molar-refractivity contribution in [2.45, 2.75) is 4.90 Å². The van der Waals surface area contributed by atoms with E-state index in [9.17, 15) is 8.78 Å². The molecular formula is C8H4F2S2. The van der Waals surface area contributed by atoms with E-state index < -0.39 is 10.9 Å². The number of hydrogen-bond donors (Lipinski definition) is 1. The maximum Gasteiger partial charge on any atom is 0.213 e. The third kappa shape index (κ3) is 1.03. The van der Waals surface area contributed by atoms with Gasteiger partial charge in [0.25, 0.3) is 0 Å². The Bertz CT molecular complexity index is 434. The number of fused-ring (bicyclic) bond motifs is 1. The van der Waals surface area contributed by atoms with Gasteiger partial charge in [-0.05, 0) is 12.1 Å². The summed E-state index contributed by atoms with van der Waals surface area (Å²) >= 11 is 4.84. The van der Waals surface area contributed by atoms with Gasteiger partial charge >= 0.3 is 0 Å². The molecule has 2 rings (SSSR count). The Balaban J connectivity index is 2.97. The van der Waals surface area contributed by atoms with Crippen LogP contribution in [0.5, 0.6) is 0 Å². The monoisotopic (exact) mass is 202 g/mol. The van der Waals surface area contributed by atoms with E-state index in [0.717, 1.165) is 11.3 Å². The third-order valence-electron chi connectivity index (χ3n) is 1.60. The summed E-state index contributed by atoms with van der Waals surface area (Å²) in [6.07, 6.45) is 0. The highest BCUT2D eigenvalue weighted by atomic mass is 32.1. The molecular weight excluding hydrogens is 198 g/mol. The van der Waals surface area contributed by atoms with Crippen molar-refractivity contribution in [2.24, 2.45) is 0 Å². The van der Waals surface area contributed by atoms with Gasteiger partial charge in [0.2, 0.25) is 5.13 Å². The molecule has 0 aliphatic rings. The zero-order valence-corrected chi connectivity index (χ0v) is 7.55. The van der Waals surface area contributed by atoms with Gasteiger partial charge in [0.05, 0.1) is 0 Å². The molecule has 0 amide bonds. The number of benzene rings is 1. The maximum absolute atomic E-state index is 13.0. The van der Waals surface area contributed by atoms with Gasteiger partial charge in [0.15, 0.2) is 5.82 Å². The van der Waals surface area contributed by atoms with Crippen molar-refractivity contribution in [1.82, 2.24) is 0 Å². The van der Waals surface area contributed by atoms with E-state index in [2.05, 4.69) is 12.6 Å². The first-order valence-corrected chi connectivity index (χ1v) is 4.52. The van der Waals surface area contributed by atoms with Crippen LogP contribution in [0.25, 0.3) is 10.1 Å². The van der Waals surface area contributed by atoms with Crippen molar-refractivity contribution in [3.05, 3.63) is 29.1 Å².